The molecule has 144 valence electrons. The molecular weight excluding hydrogens is 336 g/mol. The number of para-hydroxylation sites is 2. The van der Waals surface area contributed by atoms with Gasteiger partial charge < -0.3 is 14.5 Å². The monoisotopic (exact) mass is 366 g/mol. The lowest BCUT2D eigenvalue weighted by Crippen LogP contribution is -2.33. The molecule has 3 rings (SSSR count). The molecule has 0 aliphatic heterocycles. The summed E-state index contributed by atoms with van der Waals surface area (Å²) in [5, 5.41) is 3.21. The quantitative estimate of drug-likeness (QED) is 0.569. The molecule has 2 aromatic heterocycles. The summed E-state index contributed by atoms with van der Waals surface area (Å²) >= 11 is 0. The van der Waals surface area contributed by atoms with Crippen LogP contribution in [0, 0.1) is 5.92 Å². The molecule has 1 N–H and O–H groups in total. The van der Waals surface area contributed by atoms with Crippen LogP contribution in [0.2, 0.25) is 0 Å². The molecule has 3 aromatic rings. The van der Waals surface area contributed by atoms with Crippen LogP contribution < -0.4 is 5.32 Å². The second kappa shape index (κ2) is 8.89. The molecule has 0 unspecified atom stereocenters. The van der Waals surface area contributed by atoms with Crippen molar-refractivity contribution in [3.05, 3.63) is 54.6 Å². The Labute approximate surface area is 161 Å². The second-order valence-corrected chi connectivity index (χ2v) is 7.54. The Kier molecular flexibility index (Phi) is 6.32. The zero-order valence-electron chi connectivity index (χ0n) is 16.6. The molecular formula is C22H30N4O. The first-order valence-corrected chi connectivity index (χ1v) is 9.87. The van der Waals surface area contributed by atoms with Crippen molar-refractivity contribution in [3.8, 4) is 0 Å². The number of aromatic nitrogens is 3. The van der Waals surface area contributed by atoms with Gasteiger partial charge in [-0.25, -0.2) is 4.98 Å². The van der Waals surface area contributed by atoms with Crippen molar-refractivity contribution >= 4 is 16.9 Å². The van der Waals surface area contributed by atoms with E-state index in [1.165, 1.54) is 0 Å². The first-order valence-electron chi connectivity index (χ1n) is 9.87. The van der Waals surface area contributed by atoms with E-state index in [2.05, 4.69) is 46.8 Å². The molecule has 0 radical (unpaired) electrons. The summed E-state index contributed by atoms with van der Waals surface area (Å²) in [5.41, 5.74) is 2.07. The molecule has 1 amide bonds. The van der Waals surface area contributed by atoms with Gasteiger partial charge in [-0.3, -0.25) is 4.79 Å². The standard InChI is InChI=1S/C22H30N4O/c1-17(2)21(22-23-18-11-6-7-12-19(18)25(22)3)24-20(27)13-5-4-8-14-26-15-9-10-16-26/h6-7,9-12,15-17,21H,4-5,8,13-14H2,1-3H3,(H,24,27)/t21-/m0/s1. The third-order valence-corrected chi connectivity index (χ3v) is 5.07. The number of rotatable bonds is 9. The number of hydrogen-bond donors (Lipinski definition) is 1. The molecule has 0 aliphatic rings. The number of fused-ring (bicyclic) bond motifs is 1. The largest absolute Gasteiger partial charge is 0.354 e. The predicted octanol–water partition coefficient (Wildman–Crippen LogP) is 4.45. The second-order valence-electron chi connectivity index (χ2n) is 7.54. The van der Waals surface area contributed by atoms with Gasteiger partial charge in [0.1, 0.15) is 5.82 Å². The van der Waals surface area contributed by atoms with E-state index >= 15 is 0 Å². The highest BCUT2D eigenvalue weighted by Crippen LogP contribution is 2.25. The Balaban J connectivity index is 1.54. The van der Waals surface area contributed by atoms with E-state index in [0.29, 0.717) is 6.42 Å². The van der Waals surface area contributed by atoms with Gasteiger partial charge in [-0.1, -0.05) is 32.4 Å². The first-order chi connectivity index (χ1) is 13.1. The summed E-state index contributed by atoms with van der Waals surface area (Å²) in [6.07, 6.45) is 7.80. The van der Waals surface area contributed by atoms with Gasteiger partial charge >= 0.3 is 0 Å². The Morgan fingerprint density at radius 1 is 1.07 bits per heavy atom. The van der Waals surface area contributed by atoms with Crippen molar-refractivity contribution in [1.29, 1.82) is 0 Å². The Bertz CT molecular complexity index is 864. The van der Waals surface area contributed by atoms with Crippen LogP contribution in [0.1, 0.15) is 51.4 Å². The lowest BCUT2D eigenvalue weighted by atomic mass is 10.0. The average Bonchev–Trinajstić information content (AvgIpc) is 3.28. The minimum atomic E-state index is -0.0743. The summed E-state index contributed by atoms with van der Waals surface area (Å²) in [6, 6.07) is 12.1. The van der Waals surface area contributed by atoms with E-state index in [-0.39, 0.29) is 17.9 Å². The fourth-order valence-electron chi connectivity index (χ4n) is 3.49. The normalized spacial score (nSPS) is 12.6. The molecule has 5 nitrogen and oxygen atoms in total. The van der Waals surface area contributed by atoms with Crippen LogP contribution in [0.4, 0.5) is 0 Å². The lowest BCUT2D eigenvalue weighted by molar-refractivity contribution is -0.122. The van der Waals surface area contributed by atoms with Crippen LogP contribution in [0.25, 0.3) is 11.0 Å². The van der Waals surface area contributed by atoms with Gasteiger partial charge in [0, 0.05) is 32.4 Å². The summed E-state index contributed by atoms with van der Waals surface area (Å²) in [7, 11) is 2.02. The summed E-state index contributed by atoms with van der Waals surface area (Å²) < 4.78 is 4.28. The van der Waals surface area contributed by atoms with Crippen molar-refractivity contribution in [2.24, 2.45) is 13.0 Å². The van der Waals surface area contributed by atoms with Crippen molar-refractivity contribution in [3.63, 3.8) is 0 Å². The van der Waals surface area contributed by atoms with Crippen LogP contribution in [-0.2, 0) is 18.4 Å². The van der Waals surface area contributed by atoms with E-state index < -0.39 is 0 Å². The van der Waals surface area contributed by atoms with E-state index in [9.17, 15) is 4.79 Å². The molecule has 1 aromatic carbocycles. The number of amides is 1. The number of unbranched alkanes of at least 4 members (excludes halogenated alkanes) is 2. The van der Waals surface area contributed by atoms with Gasteiger partial charge in [0.05, 0.1) is 17.1 Å². The van der Waals surface area contributed by atoms with Crippen LogP contribution in [0.5, 0.6) is 0 Å². The molecule has 0 fully saturated rings. The van der Waals surface area contributed by atoms with Gasteiger partial charge in [-0.2, -0.15) is 0 Å². The molecule has 27 heavy (non-hydrogen) atoms. The highest BCUT2D eigenvalue weighted by molar-refractivity contribution is 5.78. The zero-order chi connectivity index (χ0) is 19.2. The molecule has 1 atom stereocenters. The zero-order valence-corrected chi connectivity index (χ0v) is 16.6. The Morgan fingerprint density at radius 3 is 2.52 bits per heavy atom. The minimum Gasteiger partial charge on any atom is -0.354 e. The number of aryl methyl sites for hydroxylation is 2. The SMILES string of the molecule is CC(C)[C@H](NC(=O)CCCCCn1cccc1)c1nc2ccccc2n1C. The fourth-order valence-corrected chi connectivity index (χ4v) is 3.49. The number of nitrogens with one attached hydrogen (secondary N) is 1. The smallest absolute Gasteiger partial charge is 0.220 e. The maximum Gasteiger partial charge on any atom is 0.220 e. The molecule has 2 heterocycles. The Hall–Kier alpha value is -2.56. The van der Waals surface area contributed by atoms with Crippen LogP contribution >= 0.6 is 0 Å². The maximum absolute atomic E-state index is 12.5. The molecule has 5 heteroatoms. The van der Waals surface area contributed by atoms with Gasteiger partial charge in [-0.05, 0) is 43.0 Å². The van der Waals surface area contributed by atoms with Crippen LogP contribution in [0.15, 0.2) is 48.8 Å². The molecule has 0 saturated heterocycles. The van der Waals surface area contributed by atoms with Gasteiger partial charge in [0.2, 0.25) is 5.91 Å². The van der Waals surface area contributed by atoms with Gasteiger partial charge in [-0.15, -0.1) is 0 Å². The van der Waals surface area contributed by atoms with Crippen LogP contribution in [-0.4, -0.2) is 20.0 Å². The molecule has 0 saturated carbocycles. The number of carbonyl (C=O) groups is 1. The number of benzene rings is 1. The highest BCUT2D eigenvalue weighted by Gasteiger charge is 2.23. The fraction of sp³-hybridized carbons (Fsp3) is 0.455. The number of imidazole rings is 1. The lowest BCUT2D eigenvalue weighted by Gasteiger charge is -2.22. The minimum absolute atomic E-state index is 0.0743. The van der Waals surface area contributed by atoms with Crippen LogP contribution in [0.3, 0.4) is 0 Å². The highest BCUT2D eigenvalue weighted by atomic mass is 16.1. The van der Waals surface area contributed by atoms with Crippen molar-refractivity contribution < 1.29 is 4.79 Å². The maximum atomic E-state index is 12.5. The topological polar surface area (TPSA) is 51.9 Å². The summed E-state index contributed by atoms with van der Waals surface area (Å²) in [6.45, 7) is 5.27. The Morgan fingerprint density at radius 2 is 1.81 bits per heavy atom. The van der Waals surface area contributed by atoms with E-state index in [1.807, 2.05) is 37.4 Å². The summed E-state index contributed by atoms with van der Waals surface area (Å²) in [4.78, 5) is 17.3. The molecule has 0 bridgehead atoms. The first kappa shape index (κ1) is 19.2. The average molecular weight is 367 g/mol. The van der Waals surface area contributed by atoms with Crippen molar-refractivity contribution in [2.75, 3.05) is 0 Å². The van der Waals surface area contributed by atoms with Gasteiger partial charge in [0.25, 0.3) is 0 Å². The summed E-state index contributed by atoms with van der Waals surface area (Å²) in [5.74, 6) is 1.31. The third kappa shape index (κ3) is 4.79. The van der Waals surface area contributed by atoms with E-state index in [4.69, 9.17) is 4.98 Å². The van der Waals surface area contributed by atoms with E-state index in [0.717, 1.165) is 42.7 Å². The molecule has 0 spiro atoms. The molecule has 0 aliphatic carbocycles. The van der Waals surface area contributed by atoms with E-state index in [1.54, 1.807) is 0 Å². The van der Waals surface area contributed by atoms with Gasteiger partial charge in [0.15, 0.2) is 0 Å². The predicted molar refractivity (Wildman–Crippen MR) is 109 cm³/mol. The van der Waals surface area contributed by atoms with Crippen molar-refractivity contribution in [2.45, 2.75) is 52.1 Å². The van der Waals surface area contributed by atoms with Crippen molar-refractivity contribution in [1.82, 2.24) is 19.4 Å². The third-order valence-electron chi connectivity index (χ3n) is 5.07. The number of hydrogen-bond acceptors (Lipinski definition) is 2. The number of nitrogens with zero attached hydrogens (tertiary/aromatic N) is 3. The number of carbonyl (C=O) groups excluding carboxylic acids is 1.